The maximum Gasteiger partial charge on any atom is 0.123 e. The van der Waals surface area contributed by atoms with Crippen LogP contribution >= 0.6 is 11.3 Å². The smallest absolute Gasteiger partial charge is 0.123 e. The molecular formula is C16H19NOS. The Morgan fingerprint density at radius 2 is 2.16 bits per heavy atom. The molecule has 0 spiro atoms. The number of ether oxygens (including phenoxy) is 1. The van der Waals surface area contributed by atoms with Gasteiger partial charge in [0.1, 0.15) is 5.75 Å². The Morgan fingerprint density at radius 1 is 1.32 bits per heavy atom. The summed E-state index contributed by atoms with van der Waals surface area (Å²) in [5, 5.41) is 2.19. The van der Waals surface area contributed by atoms with Crippen LogP contribution in [0.2, 0.25) is 0 Å². The Labute approximate surface area is 118 Å². The summed E-state index contributed by atoms with van der Waals surface area (Å²) in [7, 11) is 1.71. The maximum absolute atomic E-state index is 6.54. The van der Waals surface area contributed by atoms with E-state index >= 15 is 0 Å². The highest BCUT2D eigenvalue weighted by atomic mass is 32.1. The third-order valence-electron chi connectivity index (χ3n) is 4.03. The zero-order chi connectivity index (χ0) is 13.2. The van der Waals surface area contributed by atoms with Crippen molar-refractivity contribution in [2.45, 2.75) is 31.2 Å². The van der Waals surface area contributed by atoms with E-state index in [4.69, 9.17) is 10.5 Å². The molecule has 19 heavy (non-hydrogen) atoms. The number of nitrogens with two attached hydrogens (primary N) is 1. The van der Waals surface area contributed by atoms with Gasteiger partial charge in [0.25, 0.3) is 0 Å². The average Bonchev–Trinajstić information content (AvgIpc) is 2.94. The van der Waals surface area contributed by atoms with E-state index in [1.54, 1.807) is 7.11 Å². The fourth-order valence-electron chi connectivity index (χ4n) is 3.05. The molecule has 0 saturated heterocycles. The summed E-state index contributed by atoms with van der Waals surface area (Å²) in [6.45, 7) is 0. The number of thiophene rings is 1. The Hall–Kier alpha value is -1.32. The molecule has 0 radical (unpaired) electrons. The van der Waals surface area contributed by atoms with Crippen molar-refractivity contribution in [3.05, 3.63) is 51.7 Å². The topological polar surface area (TPSA) is 35.2 Å². The van der Waals surface area contributed by atoms with Gasteiger partial charge in [-0.1, -0.05) is 18.2 Å². The minimum absolute atomic E-state index is 0.0183. The lowest BCUT2D eigenvalue weighted by molar-refractivity contribution is 0.395. The third-order valence-corrected chi connectivity index (χ3v) is 5.03. The van der Waals surface area contributed by atoms with Gasteiger partial charge in [-0.3, -0.25) is 0 Å². The van der Waals surface area contributed by atoms with Gasteiger partial charge < -0.3 is 10.5 Å². The molecule has 2 unspecified atom stereocenters. The molecule has 3 heteroatoms. The van der Waals surface area contributed by atoms with Crippen LogP contribution in [0.3, 0.4) is 0 Å². The van der Waals surface area contributed by atoms with Gasteiger partial charge in [0.05, 0.1) is 7.11 Å². The van der Waals surface area contributed by atoms with E-state index in [0.717, 1.165) is 11.3 Å². The number of benzene rings is 1. The first kappa shape index (κ1) is 12.7. The maximum atomic E-state index is 6.54. The van der Waals surface area contributed by atoms with Gasteiger partial charge in [-0.15, -0.1) is 11.3 Å². The van der Waals surface area contributed by atoms with E-state index in [-0.39, 0.29) is 6.04 Å². The number of rotatable bonds is 3. The van der Waals surface area contributed by atoms with Crippen LogP contribution in [0.1, 0.15) is 40.8 Å². The van der Waals surface area contributed by atoms with E-state index in [1.165, 1.54) is 29.7 Å². The quantitative estimate of drug-likeness (QED) is 0.921. The molecule has 1 aliphatic carbocycles. The van der Waals surface area contributed by atoms with Crippen molar-refractivity contribution in [1.29, 1.82) is 0 Å². The molecule has 0 bridgehead atoms. The summed E-state index contributed by atoms with van der Waals surface area (Å²) in [5.41, 5.74) is 9.12. The van der Waals surface area contributed by atoms with Crippen LogP contribution < -0.4 is 10.5 Å². The van der Waals surface area contributed by atoms with Crippen molar-refractivity contribution < 1.29 is 4.74 Å². The van der Waals surface area contributed by atoms with Crippen molar-refractivity contribution in [1.82, 2.24) is 0 Å². The molecule has 2 nitrogen and oxygen atoms in total. The van der Waals surface area contributed by atoms with Gasteiger partial charge in [-0.05, 0) is 42.3 Å². The molecule has 2 N–H and O–H groups in total. The van der Waals surface area contributed by atoms with E-state index < -0.39 is 0 Å². The number of fused-ring (bicyclic) bond motifs is 1. The molecule has 0 amide bonds. The molecule has 1 aromatic heterocycles. The molecule has 100 valence electrons. The first-order valence-corrected chi connectivity index (χ1v) is 7.64. The molecule has 1 aromatic carbocycles. The van der Waals surface area contributed by atoms with E-state index in [2.05, 4.69) is 17.5 Å². The van der Waals surface area contributed by atoms with Gasteiger partial charge in [-0.2, -0.15) is 0 Å². The molecule has 2 atom stereocenters. The van der Waals surface area contributed by atoms with Crippen LogP contribution in [-0.2, 0) is 6.42 Å². The minimum Gasteiger partial charge on any atom is -0.496 e. The molecule has 0 saturated carbocycles. The van der Waals surface area contributed by atoms with Crippen LogP contribution in [0.15, 0.2) is 35.7 Å². The molecule has 3 rings (SSSR count). The standard InChI is InChI=1S/C16H19NOS/c1-18-14-7-3-2-5-13(14)16(17)12-6-4-8-15-11(12)9-10-19-15/h2-3,5,7,9-10,12,16H,4,6,8,17H2,1H3. The Morgan fingerprint density at radius 3 is 3.00 bits per heavy atom. The second kappa shape index (κ2) is 5.35. The van der Waals surface area contributed by atoms with Gasteiger partial charge in [0.2, 0.25) is 0 Å². The van der Waals surface area contributed by atoms with Crippen molar-refractivity contribution in [3.8, 4) is 5.75 Å². The largest absolute Gasteiger partial charge is 0.496 e. The second-order valence-corrected chi connectivity index (χ2v) is 6.07. The molecule has 0 fully saturated rings. The highest BCUT2D eigenvalue weighted by molar-refractivity contribution is 7.10. The van der Waals surface area contributed by atoms with Crippen LogP contribution in [0.4, 0.5) is 0 Å². The number of hydrogen-bond donors (Lipinski definition) is 1. The van der Waals surface area contributed by atoms with Crippen LogP contribution in [0, 0.1) is 0 Å². The summed E-state index contributed by atoms with van der Waals surface area (Å²) in [5.74, 6) is 1.32. The third kappa shape index (κ3) is 2.28. The number of para-hydroxylation sites is 1. The molecule has 2 aromatic rings. The summed E-state index contributed by atoms with van der Waals surface area (Å²) in [6, 6.07) is 10.4. The van der Waals surface area contributed by atoms with Gasteiger partial charge in [-0.25, -0.2) is 0 Å². The summed E-state index contributed by atoms with van der Waals surface area (Å²) in [6.07, 6.45) is 3.62. The SMILES string of the molecule is COc1ccccc1C(N)C1CCCc2sccc21. The Balaban J connectivity index is 1.95. The highest BCUT2D eigenvalue weighted by Crippen LogP contribution is 2.42. The Kier molecular flexibility index (Phi) is 3.58. The first-order valence-electron chi connectivity index (χ1n) is 6.76. The molecular weight excluding hydrogens is 254 g/mol. The van der Waals surface area contributed by atoms with Crippen LogP contribution in [0.5, 0.6) is 5.75 Å². The van der Waals surface area contributed by atoms with E-state index in [0.29, 0.717) is 5.92 Å². The fourth-order valence-corrected chi connectivity index (χ4v) is 4.05. The van der Waals surface area contributed by atoms with E-state index in [9.17, 15) is 0 Å². The number of methoxy groups -OCH3 is 1. The summed E-state index contributed by atoms with van der Waals surface area (Å²) < 4.78 is 5.45. The van der Waals surface area contributed by atoms with Crippen molar-refractivity contribution >= 4 is 11.3 Å². The Bertz CT molecular complexity index is 563. The average molecular weight is 273 g/mol. The first-order chi connectivity index (χ1) is 9.31. The van der Waals surface area contributed by atoms with Crippen LogP contribution in [0.25, 0.3) is 0 Å². The van der Waals surface area contributed by atoms with Gasteiger partial charge in [0.15, 0.2) is 0 Å². The lowest BCUT2D eigenvalue weighted by atomic mass is 9.80. The minimum atomic E-state index is 0.0183. The molecule has 0 aliphatic heterocycles. The zero-order valence-electron chi connectivity index (χ0n) is 11.1. The molecule has 1 heterocycles. The van der Waals surface area contributed by atoms with Crippen molar-refractivity contribution in [3.63, 3.8) is 0 Å². The van der Waals surface area contributed by atoms with E-state index in [1.807, 2.05) is 29.5 Å². The van der Waals surface area contributed by atoms with Crippen LogP contribution in [-0.4, -0.2) is 7.11 Å². The summed E-state index contributed by atoms with van der Waals surface area (Å²) in [4.78, 5) is 1.52. The van der Waals surface area contributed by atoms with Crippen molar-refractivity contribution in [2.24, 2.45) is 5.73 Å². The number of hydrogen-bond acceptors (Lipinski definition) is 3. The van der Waals surface area contributed by atoms with Gasteiger partial charge >= 0.3 is 0 Å². The monoisotopic (exact) mass is 273 g/mol. The van der Waals surface area contributed by atoms with Gasteiger partial charge in [0, 0.05) is 22.4 Å². The highest BCUT2D eigenvalue weighted by Gasteiger charge is 2.28. The predicted molar refractivity (Wildman–Crippen MR) is 79.9 cm³/mol. The normalized spacial score (nSPS) is 19.8. The number of aryl methyl sites for hydroxylation is 1. The van der Waals surface area contributed by atoms with Crippen molar-refractivity contribution in [2.75, 3.05) is 7.11 Å². The summed E-state index contributed by atoms with van der Waals surface area (Å²) >= 11 is 1.86. The lowest BCUT2D eigenvalue weighted by Crippen LogP contribution is -2.23. The lowest BCUT2D eigenvalue weighted by Gasteiger charge is -2.29. The zero-order valence-corrected chi connectivity index (χ0v) is 12.0. The predicted octanol–water partition coefficient (Wildman–Crippen LogP) is 3.88. The fraction of sp³-hybridized carbons (Fsp3) is 0.375. The second-order valence-electron chi connectivity index (χ2n) is 5.07. The molecule has 1 aliphatic rings.